The zero-order valence-electron chi connectivity index (χ0n) is 16.8. The van der Waals surface area contributed by atoms with Crippen LogP contribution in [0.2, 0.25) is 0 Å². The lowest BCUT2D eigenvalue weighted by atomic mass is 9.74. The van der Waals surface area contributed by atoms with Crippen LogP contribution in [0.15, 0.2) is 47.5 Å². The van der Waals surface area contributed by atoms with Crippen LogP contribution in [0.25, 0.3) is 0 Å². The normalized spacial score (nSPS) is 17.7. The van der Waals surface area contributed by atoms with Gasteiger partial charge >= 0.3 is 0 Å². The lowest BCUT2D eigenvalue weighted by Gasteiger charge is -2.46. The van der Waals surface area contributed by atoms with E-state index < -0.39 is 5.41 Å². The number of carbonyl (C=O) groups is 2. The molecule has 0 bridgehead atoms. The number of rotatable bonds is 3. The highest BCUT2D eigenvalue weighted by Gasteiger charge is 2.58. The highest BCUT2D eigenvalue weighted by molar-refractivity contribution is 6.12. The minimum Gasteiger partial charge on any atom is -0.340 e. The van der Waals surface area contributed by atoms with Gasteiger partial charge in [0, 0.05) is 31.4 Å². The third-order valence-corrected chi connectivity index (χ3v) is 5.79. The van der Waals surface area contributed by atoms with Crippen molar-refractivity contribution in [1.82, 2.24) is 4.90 Å². The van der Waals surface area contributed by atoms with Crippen molar-refractivity contribution in [1.29, 1.82) is 0 Å². The Hall–Kier alpha value is -2.95. The van der Waals surface area contributed by atoms with E-state index >= 15 is 0 Å². The zero-order valence-corrected chi connectivity index (χ0v) is 16.8. The van der Waals surface area contributed by atoms with E-state index in [2.05, 4.69) is 25.1 Å². The third kappa shape index (κ3) is 2.82. The lowest BCUT2D eigenvalue weighted by Crippen LogP contribution is -2.65. The van der Waals surface area contributed by atoms with E-state index in [-0.39, 0.29) is 11.8 Å². The fourth-order valence-corrected chi connectivity index (χ4v) is 4.20. The van der Waals surface area contributed by atoms with Crippen LogP contribution >= 0.6 is 0 Å². The van der Waals surface area contributed by atoms with Crippen LogP contribution in [0.1, 0.15) is 30.5 Å². The van der Waals surface area contributed by atoms with Crippen molar-refractivity contribution < 1.29 is 9.59 Å². The Bertz CT molecular complexity index is 1000. The van der Waals surface area contributed by atoms with Crippen molar-refractivity contribution in [3.8, 4) is 0 Å². The molecule has 2 aromatic carbocycles. The molecule has 0 N–H and O–H groups in total. The minimum absolute atomic E-state index is 0.0158. The highest BCUT2D eigenvalue weighted by atomic mass is 16.2. The van der Waals surface area contributed by atoms with E-state index in [0.717, 1.165) is 33.8 Å². The molecule has 1 saturated heterocycles. The average molecular weight is 375 g/mol. The summed E-state index contributed by atoms with van der Waals surface area (Å²) in [5.74, 6) is 0.0868. The Kier molecular flexibility index (Phi) is 4.33. The van der Waals surface area contributed by atoms with Gasteiger partial charge in [-0.15, -0.1) is 0 Å². The van der Waals surface area contributed by atoms with E-state index in [1.807, 2.05) is 43.0 Å². The van der Waals surface area contributed by atoms with Crippen molar-refractivity contribution in [2.24, 2.45) is 4.99 Å². The standard InChI is InChI=1S/C23H25N3O2/c1-15-9-10-16(2)20(11-15)24-17(3)12-26-21-8-6-5-7-19(21)23(22(26)28)13-25(14-23)18(4)27/h5-11H,12-14H2,1-4H3/b24-17+. The molecular formula is C23H25N3O2. The van der Waals surface area contributed by atoms with Gasteiger partial charge in [0.05, 0.1) is 12.2 Å². The van der Waals surface area contributed by atoms with Crippen LogP contribution in [-0.4, -0.2) is 42.1 Å². The molecule has 4 rings (SSSR count). The van der Waals surface area contributed by atoms with Gasteiger partial charge in [0.15, 0.2) is 0 Å². The van der Waals surface area contributed by atoms with E-state index in [9.17, 15) is 9.59 Å². The Balaban J connectivity index is 1.64. The molecule has 5 nitrogen and oxygen atoms in total. The van der Waals surface area contributed by atoms with Crippen molar-refractivity contribution in [2.45, 2.75) is 33.1 Å². The van der Waals surface area contributed by atoms with E-state index in [4.69, 9.17) is 4.99 Å². The first-order chi connectivity index (χ1) is 13.3. The topological polar surface area (TPSA) is 53.0 Å². The maximum absolute atomic E-state index is 13.4. The molecule has 2 aliphatic heterocycles. The Morgan fingerprint density at radius 1 is 1.11 bits per heavy atom. The molecule has 0 atom stereocenters. The molecule has 0 aliphatic carbocycles. The second-order valence-electron chi connectivity index (χ2n) is 8.00. The summed E-state index contributed by atoms with van der Waals surface area (Å²) in [5.41, 5.74) is 5.48. The summed E-state index contributed by atoms with van der Waals surface area (Å²) in [7, 11) is 0. The number of benzene rings is 2. The monoisotopic (exact) mass is 375 g/mol. The van der Waals surface area contributed by atoms with E-state index in [1.165, 1.54) is 0 Å². The molecule has 2 amide bonds. The maximum Gasteiger partial charge on any atom is 0.241 e. The van der Waals surface area contributed by atoms with Crippen LogP contribution in [-0.2, 0) is 15.0 Å². The molecule has 0 radical (unpaired) electrons. The largest absolute Gasteiger partial charge is 0.340 e. The fraction of sp³-hybridized carbons (Fsp3) is 0.348. The molecular weight excluding hydrogens is 350 g/mol. The smallest absolute Gasteiger partial charge is 0.241 e. The summed E-state index contributed by atoms with van der Waals surface area (Å²) in [5, 5.41) is 0. The molecule has 0 unspecified atom stereocenters. The average Bonchev–Trinajstić information content (AvgIpc) is 2.85. The van der Waals surface area contributed by atoms with Gasteiger partial charge in [0.25, 0.3) is 0 Å². The van der Waals surface area contributed by atoms with Gasteiger partial charge in [-0.3, -0.25) is 14.6 Å². The quantitative estimate of drug-likeness (QED) is 0.771. The molecule has 0 aromatic heterocycles. The third-order valence-electron chi connectivity index (χ3n) is 5.79. The summed E-state index contributed by atoms with van der Waals surface area (Å²) in [4.78, 5) is 33.4. The van der Waals surface area contributed by atoms with Crippen LogP contribution in [0.3, 0.4) is 0 Å². The second kappa shape index (κ2) is 6.59. The van der Waals surface area contributed by atoms with Crippen LogP contribution in [0.4, 0.5) is 11.4 Å². The number of para-hydroxylation sites is 1. The summed E-state index contributed by atoms with van der Waals surface area (Å²) < 4.78 is 0. The first-order valence-electron chi connectivity index (χ1n) is 9.60. The molecule has 2 heterocycles. The van der Waals surface area contributed by atoms with Gasteiger partial charge in [-0.25, -0.2) is 0 Å². The zero-order chi connectivity index (χ0) is 20.1. The minimum atomic E-state index is -0.595. The van der Waals surface area contributed by atoms with Crippen LogP contribution in [0, 0.1) is 13.8 Å². The van der Waals surface area contributed by atoms with Gasteiger partial charge in [-0.1, -0.05) is 30.3 Å². The molecule has 0 saturated carbocycles. The van der Waals surface area contributed by atoms with E-state index in [1.54, 1.807) is 11.8 Å². The van der Waals surface area contributed by atoms with Gasteiger partial charge < -0.3 is 9.80 Å². The molecule has 1 fully saturated rings. The van der Waals surface area contributed by atoms with Gasteiger partial charge in [-0.05, 0) is 49.6 Å². The number of hydrogen-bond donors (Lipinski definition) is 0. The number of hydrogen-bond acceptors (Lipinski definition) is 3. The van der Waals surface area contributed by atoms with E-state index in [0.29, 0.717) is 19.6 Å². The summed E-state index contributed by atoms with van der Waals surface area (Å²) in [6, 6.07) is 14.1. The summed E-state index contributed by atoms with van der Waals surface area (Å²) >= 11 is 0. The first kappa shape index (κ1) is 18.4. The van der Waals surface area contributed by atoms with Crippen molar-refractivity contribution in [3.05, 3.63) is 59.2 Å². The van der Waals surface area contributed by atoms with Gasteiger partial charge in [-0.2, -0.15) is 0 Å². The lowest BCUT2D eigenvalue weighted by molar-refractivity contribution is -0.142. The molecule has 2 aromatic rings. The number of aryl methyl sites for hydroxylation is 2. The number of nitrogens with zero attached hydrogens (tertiary/aromatic N) is 3. The molecule has 1 spiro atoms. The Morgan fingerprint density at radius 3 is 2.54 bits per heavy atom. The number of likely N-dealkylation sites (tertiary alicyclic amines) is 1. The maximum atomic E-state index is 13.4. The molecule has 5 heteroatoms. The number of amides is 2. The first-order valence-corrected chi connectivity index (χ1v) is 9.60. The highest BCUT2D eigenvalue weighted by Crippen LogP contribution is 2.47. The second-order valence-corrected chi connectivity index (χ2v) is 8.00. The number of fused-ring (bicyclic) bond motifs is 2. The van der Waals surface area contributed by atoms with Gasteiger partial charge in [0.2, 0.25) is 11.8 Å². The van der Waals surface area contributed by atoms with Crippen LogP contribution in [0.5, 0.6) is 0 Å². The molecule has 144 valence electrons. The molecule has 28 heavy (non-hydrogen) atoms. The van der Waals surface area contributed by atoms with Crippen LogP contribution < -0.4 is 4.90 Å². The van der Waals surface area contributed by atoms with Crippen molar-refractivity contribution in [2.75, 3.05) is 24.5 Å². The van der Waals surface area contributed by atoms with Crippen molar-refractivity contribution >= 4 is 28.9 Å². The van der Waals surface area contributed by atoms with Crippen molar-refractivity contribution in [3.63, 3.8) is 0 Å². The number of aliphatic imine (C=N–C) groups is 1. The SMILES string of the molecule is CC(=O)N1CC2(C1)C(=O)N(C/C(C)=N/c1cc(C)ccc1C)c1ccccc12. The summed E-state index contributed by atoms with van der Waals surface area (Å²) in [6.45, 7) is 8.98. The predicted octanol–water partition coefficient (Wildman–Crippen LogP) is 3.54. The molecule has 2 aliphatic rings. The number of carbonyl (C=O) groups excluding carboxylic acids is 2. The predicted molar refractivity (Wildman–Crippen MR) is 111 cm³/mol. The number of anilines is 1. The Labute approximate surface area is 165 Å². The Morgan fingerprint density at radius 2 is 1.82 bits per heavy atom. The van der Waals surface area contributed by atoms with Gasteiger partial charge in [0.1, 0.15) is 5.41 Å². The summed E-state index contributed by atoms with van der Waals surface area (Å²) in [6.07, 6.45) is 0. The fourth-order valence-electron chi connectivity index (χ4n) is 4.20.